The van der Waals surface area contributed by atoms with Crippen LogP contribution in [0.15, 0.2) is 12.4 Å². The van der Waals surface area contributed by atoms with Crippen LogP contribution >= 0.6 is 0 Å². The van der Waals surface area contributed by atoms with Gasteiger partial charge in [0.2, 0.25) is 11.9 Å². The van der Waals surface area contributed by atoms with Crippen LogP contribution in [-0.4, -0.2) is 36.8 Å². The van der Waals surface area contributed by atoms with Crippen molar-refractivity contribution in [2.75, 3.05) is 10.6 Å². The largest absolute Gasteiger partial charge is 0.351 e. The third-order valence-electron chi connectivity index (χ3n) is 4.91. The molecule has 0 spiro atoms. The Morgan fingerprint density at radius 3 is 1.85 bits per heavy atom. The fraction of sp³-hybridized carbons (Fsp3) is 0.684. The molecule has 2 aromatic heterocycles. The summed E-state index contributed by atoms with van der Waals surface area (Å²) in [5.74, 6) is 3.27. The quantitative estimate of drug-likeness (QED) is 0.765. The van der Waals surface area contributed by atoms with Gasteiger partial charge >= 0.3 is 0 Å². The maximum absolute atomic E-state index is 4.58. The molecule has 2 aliphatic carbocycles. The highest BCUT2D eigenvalue weighted by atomic mass is 15.4. The molecule has 0 amide bonds. The topological polar surface area (TPSA) is 80.5 Å². The van der Waals surface area contributed by atoms with Crippen LogP contribution in [0, 0.1) is 18.8 Å². The molecule has 0 saturated heterocycles. The van der Waals surface area contributed by atoms with Gasteiger partial charge in [0, 0.05) is 21.1 Å². The van der Waals surface area contributed by atoms with Crippen molar-refractivity contribution in [1.29, 1.82) is 0 Å². The number of nitrogens with one attached hydrogen (secondary N) is 2. The van der Waals surface area contributed by atoms with E-state index in [-0.39, 0.29) is 2.85 Å². The van der Waals surface area contributed by atoms with E-state index in [1.165, 1.54) is 25.7 Å². The Kier molecular flexibility index (Phi) is 5.74. The van der Waals surface area contributed by atoms with E-state index in [9.17, 15) is 0 Å². The zero-order valence-corrected chi connectivity index (χ0v) is 16.5. The van der Waals surface area contributed by atoms with E-state index in [1.807, 2.05) is 33.2 Å². The Morgan fingerprint density at radius 2 is 1.46 bits per heavy atom. The molecule has 0 aromatic carbocycles. The van der Waals surface area contributed by atoms with Crippen LogP contribution in [0.25, 0.3) is 5.95 Å². The lowest BCUT2D eigenvalue weighted by Crippen LogP contribution is -2.23. The molecule has 4 rings (SSSR count). The van der Waals surface area contributed by atoms with Crippen molar-refractivity contribution in [2.24, 2.45) is 11.8 Å². The molecule has 2 N–H and O–H groups in total. The first-order valence-corrected chi connectivity index (χ1v) is 9.89. The summed E-state index contributed by atoms with van der Waals surface area (Å²) in [5.41, 5.74) is 1.08. The molecule has 2 atom stereocenters. The van der Waals surface area contributed by atoms with Gasteiger partial charge in [-0.2, -0.15) is 20.1 Å². The van der Waals surface area contributed by atoms with Crippen molar-refractivity contribution >= 4 is 11.9 Å². The molecule has 2 aromatic rings. The van der Waals surface area contributed by atoms with E-state index in [0.717, 1.165) is 17.4 Å². The van der Waals surface area contributed by atoms with Crippen LogP contribution in [0.5, 0.6) is 0 Å². The summed E-state index contributed by atoms with van der Waals surface area (Å²) in [6, 6.07) is 0.765. The molecule has 26 heavy (non-hydrogen) atoms. The third kappa shape index (κ3) is 4.71. The molecule has 2 saturated carbocycles. The summed E-state index contributed by atoms with van der Waals surface area (Å²) >= 11 is 0. The van der Waals surface area contributed by atoms with E-state index in [2.05, 4.69) is 44.5 Å². The summed E-state index contributed by atoms with van der Waals surface area (Å²) in [6.07, 6.45) is 8.88. The number of anilines is 2. The lowest BCUT2D eigenvalue weighted by atomic mass is 10.2. The van der Waals surface area contributed by atoms with Crippen LogP contribution < -0.4 is 10.6 Å². The number of hydrogen-bond acceptors (Lipinski definition) is 6. The van der Waals surface area contributed by atoms with E-state index in [4.69, 9.17) is 0 Å². The molecule has 0 bridgehead atoms. The Hall–Kier alpha value is -2.18. The van der Waals surface area contributed by atoms with E-state index < -0.39 is 0 Å². The van der Waals surface area contributed by atoms with Crippen LogP contribution in [0.4, 0.5) is 11.9 Å². The smallest absolute Gasteiger partial charge is 0.257 e. The normalized spacial score (nSPS) is 18.5. The first kappa shape index (κ1) is 18.6. The second-order valence-electron chi connectivity index (χ2n) is 7.29. The van der Waals surface area contributed by atoms with Crippen LogP contribution in [0.3, 0.4) is 0 Å². The summed E-state index contributed by atoms with van der Waals surface area (Å²) in [6.45, 7) is 10.4. The minimum Gasteiger partial charge on any atom is -0.351 e. The molecule has 2 fully saturated rings. The van der Waals surface area contributed by atoms with Crippen LogP contribution in [-0.2, 0) is 0 Å². The molecule has 7 heteroatoms. The average molecular weight is 362 g/mol. The Balaban J connectivity index is 0.000000950. The monoisotopic (exact) mass is 361 g/mol. The predicted molar refractivity (Wildman–Crippen MR) is 109 cm³/mol. The number of aryl methyl sites for hydroxylation is 1. The maximum atomic E-state index is 4.58. The highest BCUT2D eigenvalue weighted by molar-refractivity contribution is 5.39. The molecular formula is C19H35N7. The standard InChI is InChI=1S/C17H25N7.C2H6.2H2/c1-10-8-18-24(9-10)17-22-15(19-11(2)13-4-5-13)21-16(23-17)20-12(3)14-6-7-14;1-2;;/h8-9,11-14H,4-7H2,1-3H3,(H2,19,20,21,22,23);1-2H3;2*1H/t11-,12-;;;/m1.../s1. The number of hydrogen-bond donors (Lipinski definition) is 2. The van der Waals surface area contributed by atoms with Crippen molar-refractivity contribution in [2.45, 2.75) is 72.4 Å². The summed E-state index contributed by atoms with van der Waals surface area (Å²) < 4.78 is 1.71. The van der Waals surface area contributed by atoms with Gasteiger partial charge in [-0.05, 0) is 63.9 Å². The van der Waals surface area contributed by atoms with Gasteiger partial charge in [-0.1, -0.05) is 13.8 Å². The van der Waals surface area contributed by atoms with Gasteiger partial charge in [-0.25, -0.2) is 4.68 Å². The van der Waals surface area contributed by atoms with E-state index >= 15 is 0 Å². The Labute approximate surface area is 159 Å². The molecular weight excluding hydrogens is 326 g/mol. The third-order valence-corrected chi connectivity index (χ3v) is 4.91. The average Bonchev–Trinajstić information content (AvgIpc) is 3.54. The van der Waals surface area contributed by atoms with Crippen molar-refractivity contribution in [3.8, 4) is 5.95 Å². The van der Waals surface area contributed by atoms with Crippen molar-refractivity contribution in [3.05, 3.63) is 18.0 Å². The Morgan fingerprint density at radius 1 is 0.962 bits per heavy atom. The van der Waals surface area contributed by atoms with Gasteiger partial charge < -0.3 is 10.6 Å². The molecule has 2 heterocycles. The van der Waals surface area contributed by atoms with Crippen LogP contribution in [0.2, 0.25) is 0 Å². The highest BCUT2D eigenvalue weighted by Crippen LogP contribution is 2.34. The summed E-state index contributed by atoms with van der Waals surface area (Å²) in [4.78, 5) is 13.7. The first-order chi connectivity index (χ1) is 12.6. The van der Waals surface area contributed by atoms with Crippen molar-refractivity contribution in [3.63, 3.8) is 0 Å². The zero-order valence-electron chi connectivity index (χ0n) is 16.5. The number of rotatable bonds is 7. The number of aromatic nitrogens is 5. The second-order valence-corrected chi connectivity index (χ2v) is 7.29. The molecule has 2 aliphatic rings. The molecule has 0 radical (unpaired) electrons. The van der Waals surface area contributed by atoms with Gasteiger partial charge in [0.1, 0.15) is 0 Å². The van der Waals surface area contributed by atoms with Gasteiger partial charge in [0.05, 0.1) is 6.20 Å². The van der Waals surface area contributed by atoms with Gasteiger partial charge in [0.15, 0.2) is 0 Å². The zero-order chi connectivity index (χ0) is 18.7. The van der Waals surface area contributed by atoms with E-state index in [0.29, 0.717) is 29.9 Å². The highest BCUT2D eigenvalue weighted by Gasteiger charge is 2.30. The number of nitrogens with zero attached hydrogens (tertiary/aromatic N) is 5. The summed E-state index contributed by atoms with van der Waals surface area (Å²) in [5, 5.41) is 11.2. The fourth-order valence-electron chi connectivity index (χ4n) is 2.95. The Bertz CT molecular complexity index is 691. The van der Waals surface area contributed by atoms with Crippen molar-refractivity contribution in [1.82, 2.24) is 24.7 Å². The predicted octanol–water partition coefficient (Wildman–Crippen LogP) is 4.30. The fourth-order valence-corrected chi connectivity index (χ4v) is 2.95. The molecule has 0 aliphatic heterocycles. The lowest BCUT2D eigenvalue weighted by molar-refractivity contribution is 0.671. The van der Waals surface area contributed by atoms with Gasteiger partial charge in [-0.15, -0.1) is 0 Å². The SMILES string of the molecule is CC.Cc1cnn(-c2nc(N[C@H](C)C3CC3)nc(N[C@H](C)C3CC3)n2)c1.[HH].[HH]. The maximum Gasteiger partial charge on any atom is 0.257 e. The first-order valence-electron chi connectivity index (χ1n) is 9.89. The summed E-state index contributed by atoms with van der Waals surface area (Å²) in [7, 11) is 0. The van der Waals surface area contributed by atoms with Crippen molar-refractivity contribution < 1.29 is 2.85 Å². The molecule has 7 nitrogen and oxygen atoms in total. The minimum absolute atomic E-state index is 0. The molecule has 146 valence electrons. The van der Waals surface area contributed by atoms with Gasteiger partial charge in [-0.3, -0.25) is 0 Å². The van der Waals surface area contributed by atoms with E-state index in [1.54, 1.807) is 4.68 Å². The van der Waals surface area contributed by atoms with Crippen LogP contribution in [0.1, 0.15) is 61.8 Å². The minimum atomic E-state index is 0. The second kappa shape index (κ2) is 8.01. The van der Waals surface area contributed by atoms with Gasteiger partial charge in [0.25, 0.3) is 5.95 Å². The lowest BCUT2D eigenvalue weighted by Gasteiger charge is -2.16. The molecule has 0 unspecified atom stereocenters.